The van der Waals surface area contributed by atoms with Crippen LogP contribution in [0.2, 0.25) is 0 Å². The van der Waals surface area contributed by atoms with Crippen molar-refractivity contribution >= 4 is 17.6 Å². The maximum Gasteiger partial charge on any atom is 0.231 e. The number of nitrogens with zero attached hydrogens (tertiary/aromatic N) is 4. The Morgan fingerprint density at radius 3 is 2.67 bits per heavy atom. The number of carbonyl (C=O) groups is 2. The Morgan fingerprint density at radius 2 is 1.93 bits per heavy atom. The fourth-order valence-electron chi connectivity index (χ4n) is 5.50. The molecule has 1 saturated carbocycles. The van der Waals surface area contributed by atoms with E-state index in [1.54, 1.807) is 0 Å². The van der Waals surface area contributed by atoms with Crippen LogP contribution in [0, 0.1) is 17.3 Å². The third kappa shape index (κ3) is 3.80. The quantitative estimate of drug-likeness (QED) is 0.754. The molecule has 4 fully saturated rings. The summed E-state index contributed by atoms with van der Waals surface area (Å²) in [6.45, 7) is 5.50. The van der Waals surface area contributed by atoms with Crippen molar-refractivity contribution in [2.45, 2.75) is 32.1 Å². The zero-order valence-electron chi connectivity index (χ0n) is 17.7. The smallest absolute Gasteiger partial charge is 0.231 e. The molecular weight excluding hydrogens is 380 g/mol. The van der Waals surface area contributed by atoms with Gasteiger partial charge in [0.2, 0.25) is 11.8 Å². The molecule has 0 spiro atoms. The second-order valence-corrected chi connectivity index (χ2v) is 9.42. The number of likely N-dealkylation sites (tertiary alicyclic amines) is 1. The first kappa shape index (κ1) is 19.8. The Hall–Kier alpha value is -2.15. The summed E-state index contributed by atoms with van der Waals surface area (Å²) >= 11 is 0. The molecule has 5 rings (SSSR count). The van der Waals surface area contributed by atoms with Gasteiger partial charge in [-0.15, -0.1) is 0 Å². The molecule has 7 nitrogen and oxygen atoms in total. The van der Waals surface area contributed by atoms with E-state index in [4.69, 9.17) is 4.74 Å². The first-order valence-corrected chi connectivity index (χ1v) is 11.5. The molecule has 4 heterocycles. The van der Waals surface area contributed by atoms with Crippen LogP contribution in [0.15, 0.2) is 24.4 Å². The third-order valence-corrected chi connectivity index (χ3v) is 7.40. The molecule has 4 aliphatic rings. The van der Waals surface area contributed by atoms with E-state index in [1.165, 1.54) is 12.8 Å². The Balaban J connectivity index is 1.41. The van der Waals surface area contributed by atoms with Gasteiger partial charge in [-0.1, -0.05) is 6.07 Å². The van der Waals surface area contributed by atoms with Gasteiger partial charge in [0.25, 0.3) is 0 Å². The summed E-state index contributed by atoms with van der Waals surface area (Å²) in [7, 11) is 0. The Morgan fingerprint density at radius 1 is 1.10 bits per heavy atom. The maximum absolute atomic E-state index is 13.9. The van der Waals surface area contributed by atoms with Crippen molar-refractivity contribution in [2.75, 3.05) is 57.4 Å². The number of rotatable bonds is 4. The summed E-state index contributed by atoms with van der Waals surface area (Å²) in [5.74, 6) is 2.19. The van der Waals surface area contributed by atoms with Gasteiger partial charge in [0.15, 0.2) is 0 Å². The number of anilines is 1. The summed E-state index contributed by atoms with van der Waals surface area (Å²) in [6, 6.07) is 5.94. The zero-order chi connectivity index (χ0) is 20.6. The molecule has 1 aromatic rings. The molecule has 7 heteroatoms. The van der Waals surface area contributed by atoms with Crippen molar-refractivity contribution in [1.82, 2.24) is 14.8 Å². The summed E-state index contributed by atoms with van der Waals surface area (Å²) < 4.78 is 5.49. The summed E-state index contributed by atoms with van der Waals surface area (Å²) in [6.07, 6.45) is 6.60. The van der Waals surface area contributed by atoms with E-state index < -0.39 is 5.41 Å². The second-order valence-electron chi connectivity index (χ2n) is 9.42. The molecule has 30 heavy (non-hydrogen) atoms. The number of hydrogen-bond acceptors (Lipinski definition) is 5. The highest BCUT2D eigenvalue weighted by atomic mass is 16.5. The Bertz CT molecular complexity index is 778. The number of fused-ring (bicyclic) bond motifs is 1. The molecule has 1 aliphatic carbocycles. The van der Waals surface area contributed by atoms with Gasteiger partial charge in [-0.05, 0) is 43.7 Å². The van der Waals surface area contributed by atoms with Gasteiger partial charge in [0.1, 0.15) is 5.82 Å². The highest BCUT2D eigenvalue weighted by Gasteiger charge is 2.55. The zero-order valence-corrected chi connectivity index (χ0v) is 17.7. The van der Waals surface area contributed by atoms with Gasteiger partial charge in [0.05, 0.1) is 18.6 Å². The third-order valence-electron chi connectivity index (χ3n) is 7.40. The van der Waals surface area contributed by atoms with Crippen molar-refractivity contribution in [3.63, 3.8) is 0 Å². The van der Waals surface area contributed by atoms with Gasteiger partial charge in [0, 0.05) is 57.8 Å². The van der Waals surface area contributed by atoms with Gasteiger partial charge in [-0.3, -0.25) is 9.59 Å². The lowest BCUT2D eigenvalue weighted by Crippen LogP contribution is -2.53. The van der Waals surface area contributed by atoms with Crippen molar-refractivity contribution in [3.05, 3.63) is 24.4 Å². The standard InChI is InChI=1S/C23H32N4O3/c28-21(14-18-5-6-18)26-9-3-7-23(22(29)25-10-12-30-13-11-25)17-27(16-19(23)15-26)20-4-1-2-8-24-20/h1-2,4,8,18-19H,3,5-7,9-17H2/t19-,23-/m0/s1. The van der Waals surface area contributed by atoms with Crippen LogP contribution in [0.1, 0.15) is 32.1 Å². The molecule has 0 aromatic carbocycles. The van der Waals surface area contributed by atoms with Crippen molar-refractivity contribution in [2.24, 2.45) is 17.3 Å². The molecule has 3 aliphatic heterocycles. The van der Waals surface area contributed by atoms with E-state index in [2.05, 4.69) is 14.8 Å². The average Bonchev–Trinajstić information content (AvgIpc) is 3.56. The highest BCUT2D eigenvalue weighted by molar-refractivity contribution is 5.85. The van der Waals surface area contributed by atoms with Crippen LogP contribution < -0.4 is 4.90 Å². The van der Waals surface area contributed by atoms with Gasteiger partial charge >= 0.3 is 0 Å². The van der Waals surface area contributed by atoms with Crippen LogP contribution in [0.5, 0.6) is 0 Å². The van der Waals surface area contributed by atoms with E-state index in [9.17, 15) is 9.59 Å². The summed E-state index contributed by atoms with van der Waals surface area (Å²) in [4.78, 5) is 37.6. The molecule has 3 saturated heterocycles. The van der Waals surface area contributed by atoms with Crippen LogP contribution in [0.25, 0.3) is 0 Å². The molecule has 0 bridgehead atoms. The van der Waals surface area contributed by atoms with Gasteiger partial charge in [-0.25, -0.2) is 4.98 Å². The summed E-state index contributed by atoms with van der Waals surface area (Å²) in [5, 5.41) is 0. The molecule has 1 aromatic heterocycles. The largest absolute Gasteiger partial charge is 0.378 e. The predicted molar refractivity (Wildman–Crippen MR) is 113 cm³/mol. The normalized spacial score (nSPS) is 29.5. The fraction of sp³-hybridized carbons (Fsp3) is 0.696. The predicted octanol–water partition coefficient (Wildman–Crippen LogP) is 1.79. The van der Waals surface area contributed by atoms with Gasteiger partial charge < -0.3 is 19.4 Å². The van der Waals surface area contributed by atoms with Crippen molar-refractivity contribution in [3.8, 4) is 0 Å². The van der Waals surface area contributed by atoms with Crippen molar-refractivity contribution < 1.29 is 14.3 Å². The number of aromatic nitrogens is 1. The molecule has 2 amide bonds. The minimum atomic E-state index is -0.441. The lowest BCUT2D eigenvalue weighted by molar-refractivity contribution is -0.148. The fourth-order valence-corrected chi connectivity index (χ4v) is 5.50. The average molecular weight is 413 g/mol. The van der Waals surface area contributed by atoms with Crippen LogP contribution in [0.4, 0.5) is 5.82 Å². The first-order valence-electron chi connectivity index (χ1n) is 11.5. The topological polar surface area (TPSA) is 66.0 Å². The lowest BCUT2D eigenvalue weighted by Gasteiger charge is -2.38. The van der Waals surface area contributed by atoms with Crippen LogP contribution in [0.3, 0.4) is 0 Å². The highest BCUT2D eigenvalue weighted by Crippen LogP contribution is 2.45. The van der Waals surface area contributed by atoms with E-state index in [0.717, 1.165) is 31.7 Å². The molecule has 0 N–H and O–H groups in total. The van der Waals surface area contributed by atoms with E-state index in [-0.39, 0.29) is 17.7 Å². The Labute approximate surface area is 178 Å². The second kappa shape index (κ2) is 8.17. The minimum Gasteiger partial charge on any atom is -0.378 e. The molecular formula is C23H32N4O3. The lowest BCUT2D eigenvalue weighted by atomic mass is 9.73. The van der Waals surface area contributed by atoms with Gasteiger partial charge in [-0.2, -0.15) is 0 Å². The van der Waals surface area contributed by atoms with E-state index in [1.807, 2.05) is 29.3 Å². The number of ether oxygens (including phenoxy) is 1. The van der Waals surface area contributed by atoms with E-state index in [0.29, 0.717) is 51.7 Å². The monoisotopic (exact) mass is 412 g/mol. The number of morpholine rings is 1. The molecule has 0 radical (unpaired) electrons. The van der Waals surface area contributed by atoms with Crippen LogP contribution >= 0.6 is 0 Å². The first-order chi connectivity index (χ1) is 14.7. The SMILES string of the molecule is O=C(CC1CC1)N1CCC[C@]2(C(=O)N3CCOCC3)CN(c3ccccn3)C[C@@H]2C1. The van der Waals surface area contributed by atoms with Crippen LogP contribution in [-0.4, -0.2) is 79.1 Å². The molecule has 2 atom stereocenters. The Kier molecular flexibility index (Phi) is 5.39. The van der Waals surface area contributed by atoms with Crippen LogP contribution in [-0.2, 0) is 14.3 Å². The number of carbonyl (C=O) groups excluding carboxylic acids is 2. The number of hydrogen-bond donors (Lipinski definition) is 0. The number of pyridine rings is 1. The number of amides is 2. The molecule has 162 valence electrons. The minimum absolute atomic E-state index is 0.139. The molecule has 0 unspecified atom stereocenters. The summed E-state index contributed by atoms with van der Waals surface area (Å²) in [5.41, 5.74) is -0.441. The van der Waals surface area contributed by atoms with E-state index >= 15 is 0 Å². The maximum atomic E-state index is 13.9. The van der Waals surface area contributed by atoms with Crippen molar-refractivity contribution in [1.29, 1.82) is 0 Å².